The van der Waals surface area contributed by atoms with Crippen LogP contribution in [0.3, 0.4) is 0 Å². The predicted octanol–water partition coefficient (Wildman–Crippen LogP) is 4.40. The molecule has 1 aromatic heterocycles. The van der Waals surface area contributed by atoms with Gasteiger partial charge in [0.2, 0.25) is 0 Å². The Bertz CT molecular complexity index is 1040. The van der Waals surface area contributed by atoms with Gasteiger partial charge in [-0.1, -0.05) is 18.2 Å². The van der Waals surface area contributed by atoms with Crippen LogP contribution in [-0.4, -0.2) is 36.9 Å². The van der Waals surface area contributed by atoms with Gasteiger partial charge in [0.1, 0.15) is 5.75 Å². The summed E-state index contributed by atoms with van der Waals surface area (Å²) in [5.41, 5.74) is 4.87. The molecule has 0 saturated heterocycles. The molecule has 1 N–H and O–H groups in total. The minimum Gasteiger partial charge on any atom is -0.493 e. The monoisotopic (exact) mass is 433 g/mol. The number of carbonyl (C=O) groups is 1. The van der Waals surface area contributed by atoms with Gasteiger partial charge in [-0.25, -0.2) is 5.43 Å². The summed E-state index contributed by atoms with van der Waals surface area (Å²) in [4.78, 5) is 15.9. The van der Waals surface area contributed by atoms with E-state index in [1.165, 1.54) is 0 Å². The number of benzene rings is 2. The third-order valence-corrected chi connectivity index (χ3v) is 4.49. The normalized spacial score (nSPS) is 10.7. The molecule has 7 heteroatoms. The fourth-order valence-corrected chi connectivity index (χ4v) is 2.87. The van der Waals surface area contributed by atoms with E-state index in [-0.39, 0.29) is 5.91 Å². The average molecular weight is 434 g/mol. The summed E-state index contributed by atoms with van der Waals surface area (Å²) in [5, 5.41) is 4.01. The third kappa shape index (κ3) is 6.84. The Labute approximate surface area is 188 Å². The van der Waals surface area contributed by atoms with E-state index in [1.807, 2.05) is 56.3 Å². The highest BCUT2D eigenvalue weighted by Gasteiger charge is 2.07. The van der Waals surface area contributed by atoms with Crippen molar-refractivity contribution in [3.05, 3.63) is 83.7 Å². The van der Waals surface area contributed by atoms with E-state index in [1.54, 1.807) is 30.7 Å². The number of aromatic nitrogens is 1. The lowest BCUT2D eigenvalue weighted by Crippen LogP contribution is -2.17. The summed E-state index contributed by atoms with van der Waals surface area (Å²) in [6, 6.07) is 16.7. The van der Waals surface area contributed by atoms with Gasteiger partial charge in [0.05, 0.1) is 26.0 Å². The fraction of sp³-hybridized carbons (Fsp3) is 0.240. The number of nitrogens with zero attached hydrogens (tertiary/aromatic N) is 2. The first-order valence-electron chi connectivity index (χ1n) is 10.5. The second-order valence-corrected chi connectivity index (χ2v) is 6.89. The molecule has 0 atom stereocenters. The number of pyridine rings is 1. The van der Waals surface area contributed by atoms with Crippen LogP contribution >= 0.6 is 0 Å². The van der Waals surface area contributed by atoms with Crippen molar-refractivity contribution in [2.45, 2.75) is 20.3 Å². The maximum absolute atomic E-state index is 12.0. The van der Waals surface area contributed by atoms with Gasteiger partial charge < -0.3 is 14.2 Å². The van der Waals surface area contributed by atoms with Gasteiger partial charge in [0.25, 0.3) is 5.91 Å². The molecular formula is C25H27N3O4. The first-order valence-corrected chi connectivity index (χ1v) is 10.5. The van der Waals surface area contributed by atoms with Crippen molar-refractivity contribution in [3.63, 3.8) is 0 Å². The van der Waals surface area contributed by atoms with Crippen LogP contribution in [-0.2, 0) is 0 Å². The Kier molecular flexibility index (Phi) is 8.62. The van der Waals surface area contributed by atoms with Gasteiger partial charge in [0.15, 0.2) is 11.5 Å². The molecule has 7 nitrogen and oxygen atoms in total. The maximum atomic E-state index is 12.0. The zero-order chi connectivity index (χ0) is 22.6. The highest BCUT2D eigenvalue weighted by atomic mass is 16.5. The van der Waals surface area contributed by atoms with Crippen molar-refractivity contribution in [2.24, 2.45) is 5.10 Å². The molecule has 2 aromatic carbocycles. The molecule has 3 rings (SSSR count). The summed E-state index contributed by atoms with van der Waals surface area (Å²) < 4.78 is 17.4. The molecule has 32 heavy (non-hydrogen) atoms. The molecule has 0 aliphatic rings. The van der Waals surface area contributed by atoms with E-state index in [9.17, 15) is 4.79 Å². The number of aryl methyl sites for hydroxylation is 1. The highest BCUT2D eigenvalue weighted by molar-refractivity contribution is 5.94. The standard InChI is InChI=1S/C25H27N3O4/c1-3-30-24-17-20(18-27-28-25(29)21-11-13-26-14-12-21)9-10-23(24)32-16-6-15-31-22-8-5-4-7-19(22)2/h4-5,7-14,17-18H,3,6,15-16H2,1-2H3,(H,28,29). The average Bonchev–Trinajstić information content (AvgIpc) is 2.82. The van der Waals surface area contributed by atoms with Crippen molar-refractivity contribution >= 4 is 12.1 Å². The van der Waals surface area contributed by atoms with Crippen molar-refractivity contribution in [1.29, 1.82) is 0 Å². The van der Waals surface area contributed by atoms with Crippen LogP contribution in [0.15, 0.2) is 72.1 Å². The number of carbonyl (C=O) groups excluding carboxylic acids is 1. The molecule has 0 bridgehead atoms. The van der Waals surface area contributed by atoms with Crippen LogP contribution in [0.2, 0.25) is 0 Å². The van der Waals surface area contributed by atoms with E-state index in [4.69, 9.17) is 14.2 Å². The quantitative estimate of drug-likeness (QED) is 0.275. The number of hydrazone groups is 1. The number of rotatable bonds is 11. The molecule has 0 spiro atoms. The first-order chi connectivity index (χ1) is 15.7. The van der Waals surface area contributed by atoms with Crippen molar-refractivity contribution in [3.8, 4) is 17.2 Å². The fourth-order valence-electron chi connectivity index (χ4n) is 2.87. The van der Waals surface area contributed by atoms with Gasteiger partial charge in [-0.2, -0.15) is 5.10 Å². The number of nitrogens with one attached hydrogen (secondary N) is 1. The minimum atomic E-state index is -0.304. The predicted molar refractivity (Wildman–Crippen MR) is 124 cm³/mol. The van der Waals surface area contributed by atoms with Gasteiger partial charge in [-0.05, 0) is 61.4 Å². The Hall–Kier alpha value is -3.87. The van der Waals surface area contributed by atoms with Crippen LogP contribution in [0.25, 0.3) is 0 Å². The smallest absolute Gasteiger partial charge is 0.271 e. The molecule has 0 aliphatic heterocycles. The zero-order valence-electron chi connectivity index (χ0n) is 18.3. The molecule has 166 valence electrons. The lowest BCUT2D eigenvalue weighted by Gasteiger charge is -2.13. The van der Waals surface area contributed by atoms with Crippen molar-refractivity contribution < 1.29 is 19.0 Å². The van der Waals surface area contributed by atoms with E-state index >= 15 is 0 Å². The van der Waals surface area contributed by atoms with E-state index < -0.39 is 0 Å². The molecule has 0 radical (unpaired) electrons. The van der Waals surface area contributed by atoms with Crippen LogP contribution in [0, 0.1) is 6.92 Å². The topological polar surface area (TPSA) is 82.0 Å². The van der Waals surface area contributed by atoms with Gasteiger partial charge in [-0.3, -0.25) is 9.78 Å². The molecule has 3 aromatic rings. The summed E-state index contributed by atoms with van der Waals surface area (Å²) in [5.74, 6) is 1.86. The Balaban J connectivity index is 1.51. The summed E-state index contributed by atoms with van der Waals surface area (Å²) >= 11 is 0. The van der Waals surface area contributed by atoms with Crippen molar-refractivity contribution in [2.75, 3.05) is 19.8 Å². The second kappa shape index (κ2) is 12.1. The third-order valence-electron chi connectivity index (χ3n) is 4.49. The van der Waals surface area contributed by atoms with Gasteiger partial charge >= 0.3 is 0 Å². The number of hydrogen-bond acceptors (Lipinski definition) is 6. The second-order valence-electron chi connectivity index (χ2n) is 6.89. The zero-order valence-corrected chi connectivity index (χ0v) is 18.3. The number of ether oxygens (including phenoxy) is 3. The van der Waals surface area contributed by atoms with Crippen LogP contribution in [0.1, 0.15) is 34.8 Å². The largest absolute Gasteiger partial charge is 0.493 e. The number of para-hydroxylation sites is 1. The summed E-state index contributed by atoms with van der Waals surface area (Å²) in [6.45, 7) is 5.51. The molecule has 0 saturated carbocycles. The molecule has 0 unspecified atom stereocenters. The minimum absolute atomic E-state index is 0.304. The Morgan fingerprint density at radius 2 is 1.72 bits per heavy atom. The lowest BCUT2D eigenvalue weighted by molar-refractivity contribution is 0.0955. The summed E-state index contributed by atoms with van der Waals surface area (Å²) in [7, 11) is 0. The van der Waals surface area contributed by atoms with E-state index in [0.717, 1.165) is 23.3 Å². The molecule has 1 amide bonds. The maximum Gasteiger partial charge on any atom is 0.271 e. The molecule has 1 heterocycles. The van der Waals surface area contributed by atoms with Gasteiger partial charge in [-0.15, -0.1) is 0 Å². The SMILES string of the molecule is CCOc1cc(C=NNC(=O)c2ccncc2)ccc1OCCCOc1ccccc1C. The first kappa shape index (κ1) is 22.8. The Morgan fingerprint density at radius 1 is 0.969 bits per heavy atom. The number of amides is 1. The van der Waals surface area contributed by atoms with E-state index in [2.05, 4.69) is 15.5 Å². The molecular weight excluding hydrogens is 406 g/mol. The van der Waals surface area contributed by atoms with Crippen LogP contribution < -0.4 is 19.6 Å². The van der Waals surface area contributed by atoms with Gasteiger partial charge in [0, 0.05) is 24.4 Å². The lowest BCUT2D eigenvalue weighted by atomic mass is 10.2. The summed E-state index contributed by atoms with van der Waals surface area (Å²) in [6.07, 6.45) is 5.41. The Morgan fingerprint density at radius 3 is 2.47 bits per heavy atom. The molecule has 0 fully saturated rings. The van der Waals surface area contributed by atoms with Crippen LogP contribution in [0.5, 0.6) is 17.2 Å². The molecule has 0 aliphatic carbocycles. The highest BCUT2D eigenvalue weighted by Crippen LogP contribution is 2.28. The number of hydrogen-bond donors (Lipinski definition) is 1. The van der Waals surface area contributed by atoms with Crippen LogP contribution in [0.4, 0.5) is 0 Å². The van der Waals surface area contributed by atoms with Crippen molar-refractivity contribution in [1.82, 2.24) is 10.4 Å². The van der Waals surface area contributed by atoms with E-state index in [0.29, 0.717) is 36.9 Å².